The van der Waals surface area contributed by atoms with Crippen molar-refractivity contribution < 1.29 is 4.74 Å². The van der Waals surface area contributed by atoms with E-state index in [0.29, 0.717) is 6.61 Å². The van der Waals surface area contributed by atoms with Crippen molar-refractivity contribution in [2.75, 3.05) is 18.1 Å². The van der Waals surface area contributed by atoms with Crippen molar-refractivity contribution in [2.24, 2.45) is 0 Å². The van der Waals surface area contributed by atoms with Gasteiger partial charge in [-0.1, -0.05) is 18.2 Å². The molecular formula is C16H18NO. The van der Waals surface area contributed by atoms with E-state index in [1.807, 2.05) is 25.1 Å². The summed E-state index contributed by atoms with van der Waals surface area (Å²) in [6.07, 6.45) is 0. The van der Waals surface area contributed by atoms with Crippen LogP contribution in [0.25, 0.3) is 0 Å². The zero-order valence-electron chi connectivity index (χ0n) is 10.9. The Morgan fingerprint density at radius 3 is 2.50 bits per heavy atom. The molecule has 0 N–H and O–H groups in total. The molecule has 0 heterocycles. The summed E-state index contributed by atoms with van der Waals surface area (Å²) in [5, 5.41) is 0. The van der Waals surface area contributed by atoms with Crippen molar-refractivity contribution >= 4 is 11.4 Å². The number of anilines is 2. The standard InChI is InChI=1S/C16H18NO/c1-3-17(14-9-6-5-7-10-14)15-11-8-12-16(13-15)18-4-2/h5-11,13H,3-4H2,1-2H3. The van der Waals surface area contributed by atoms with Gasteiger partial charge in [-0.25, -0.2) is 0 Å². The lowest BCUT2D eigenvalue weighted by Crippen LogP contribution is -2.15. The first-order valence-electron chi connectivity index (χ1n) is 6.32. The zero-order chi connectivity index (χ0) is 12.8. The minimum atomic E-state index is 0.664. The predicted molar refractivity (Wildman–Crippen MR) is 75.6 cm³/mol. The van der Waals surface area contributed by atoms with Gasteiger partial charge in [-0.15, -0.1) is 0 Å². The molecule has 18 heavy (non-hydrogen) atoms. The first-order chi connectivity index (χ1) is 8.85. The second-order valence-electron chi connectivity index (χ2n) is 3.92. The molecule has 2 rings (SSSR count). The highest BCUT2D eigenvalue weighted by molar-refractivity contribution is 5.64. The minimum absolute atomic E-state index is 0.664. The van der Waals surface area contributed by atoms with Gasteiger partial charge >= 0.3 is 0 Å². The second kappa shape index (κ2) is 6.10. The monoisotopic (exact) mass is 240 g/mol. The molecule has 0 fully saturated rings. The Balaban J connectivity index is 2.30. The number of para-hydroxylation sites is 1. The van der Waals surface area contributed by atoms with Crippen molar-refractivity contribution in [2.45, 2.75) is 13.8 Å². The van der Waals surface area contributed by atoms with Gasteiger partial charge in [-0.05, 0) is 38.1 Å². The van der Waals surface area contributed by atoms with E-state index in [1.165, 1.54) is 5.69 Å². The molecule has 0 bridgehead atoms. The molecule has 0 atom stereocenters. The van der Waals surface area contributed by atoms with Crippen LogP contribution in [0.1, 0.15) is 13.8 Å². The quantitative estimate of drug-likeness (QED) is 0.782. The van der Waals surface area contributed by atoms with Crippen LogP contribution in [0, 0.1) is 6.07 Å². The summed E-state index contributed by atoms with van der Waals surface area (Å²) in [5.74, 6) is 0.796. The van der Waals surface area contributed by atoms with Gasteiger partial charge in [0.25, 0.3) is 0 Å². The lowest BCUT2D eigenvalue weighted by Gasteiger charge is -2.23. The number of ether oxygens (including phenoxy) is 1. The fourth-order valence-corrected chi connectivity index (χ4v) is 1.96. The van der Waals surface area contributed by atoms with Crippen molar-refractivity contribution in [1.82, 2.24) is 0 Å². The van der Waals surface area contributed by atoms with Crippen molar-refractivity contribution in [3.05, 3.63) is 54.6 Å². The van der Waals surface area contributed by atoms with E-state index in [1.54, 1.807) is 0 Å². The number of nitrogens with zero attached hydrogens (tertiary/aromatic N) is 1. The fourth-order valence-electron chi connectivity index (χ4n) is 1.96. The highest BCUT2D eigenvalue weighted by atomic mass is 16.5. The summed E-state index contributed by atoms with van der Waals surface area (Å²) in [5.41, 5.74) is 2.32. The zero-order valence-corrected chi connectivity index (χ0v) is 10.9. The smallest absolute Gasteiger partial charge is 0.129 e. The molecule has 0 saturated heterocycles. The van der Waals surface area contributed by atoms with Gasteiger partial charge in [-0.2, -0.15) is 0 Å². The van der Waals surface area contributed by atoms with Crippen LogP contribution in [0.4, 0.5) is 11.4 Å². The molecule has 1 radical (unpaired) electrons. The van der Waals surface area contributed by atoms with E-state index in [9.17, 15) is 0 Å². The lowest BCUT2D eigenvalue weighted by atomic mass is 10.2. The average molecular weight is 240 g/mol. The SMILES string of the molecule is CCOc1[c]ccc(N(CC)c2ccccc2)c1. The average Bonchev–Trinajstić information content (AvgIpc) is 2.42. The Labute approximate surface area is 109 Å². The largest absolute Gasteiger partial charge is 0.493 e. The van der Waals surface area contributed by atoms with Gasteiger partial charge in [0.2, 0.25) is 0 Å². The molecule has 0 aromatic heterocycles. The van der Waals surface area contributed by atoms with E-state index in [0.717, 1.165) is 18.0 Å². The molecule has 0 unspecified atom stereocenters. The van der Waals surface area contributed by atoms with Gasteiger partial charge in [0, 0.05) is 30.1 Å². The van der Waals surface area contributed by atoms with Crippen molar-refractivity contribution in [3.63, 3.8) is 0 Å². The van der Waals surface area contributed by atoms with Gasteiger partial charge in [0.1, 0.15) is 5.75 Å². The van der Waals surface area contributed by atoms with E-state index < -0.39 is 0 Å². The normalized spacial score (nSPS) is 10.1. The summed E-state index contributed by atoms with van der Waals surface area (Å²) in [4.78, 5) is 2.25. The van der Waals surface area contributed by atoms with Crippen molar-refractivity contribution in [1.29, 1.82) is 0 Å². The van der Waals surface area contributed by atoms with Crippen LogP contribution < -0.4 is 9.64 Å². The highest BCUT2D eigenvalue weighted by Crippen LogP contribution is 2.27. The topological polar surface area (TPSA) is 12.5 Å². The van der Waals surface area contributed by atoms with Gasteiger partial charge in [0.15, 0.2) is 0 Å². The van der Waals surface area contributed by atoms with Gasteiger partial charge in [-0.3, -0.25) is 0 Å². The maximum absolute atomic E-state index is 5.49. The molecule has 0 amide bonds. The van der Waals surface area contributed by atoms with Crippen LogP contribution in [0.3, 0.4) is 0 Å². The highest BCUT2D eigenvalue weighted by Gasteiger charge is 2.07. The summed E-state index contributed by atoms with van der Waals surface area (Å²) < 4.78 is 5.49. The predicted octanol–water partition coefficient (Wildman–Crippen LogP) is 4.04. The fraction of sp³-hybridized carbons (Fsp3) is 0.250. The van der Waals surface area contributed by atoms with Crippen LogP contribution in [0.2, 0.25) is 0 Å². The summed E-state index contributed by atoms with van der Waals surface area (Å²) >= 11 is 0. The molecule has 2 aromatic carbocycles. The first-order valence-corrected chi connectivity index (χ1v) is 6.32. The number of benzene rings is 2. The molecule has 2 aromatic rings. The molecule has 2 nitrogen and oxygen atoms in total. The number of hydrogen-bond donors (Lipinski definition) is 0. The van der Waals surface area contributed by atoms with Crippen molar-refractivity contribution in [3.8, 4) is 5.75 Å². The van der Waals surface area contributed by atoms with Gasteiger partial charge < -0.3 is 9.64 Å². The van der Waals surface area contributed by atoms with Crippen LogP contribution in [-0.4, -0.2) is 13.2 Å². The third-order valence-corrected chi connectivity index (χ3v) is 2.75. The molecule has 0 aliphatic rings. The van der Waals surface area contributed by atoms with Gasteiger partial charge in [0.05, 0.1) is 6.61 Å². The van der Waals surface area contributed by atoms with E-state index in [-0.39, 0.29) is 0 Å². The third-order valence-electron chi connectivity index (χ3n) is 2.75. The van der Waals surface area contributed by atoms with Crippen LogP contribution in [0.15, 0.2) is 48.5 Å². The second-order valence-corrected chi connectivity index (χ2v) is 3.92. The van der Waals surface area contributed by atoms with Crippen LogP contribution in [0.5, 0.6) is 5.75 Å². The molecule has 2 heteroatoms. The molecule has 0 saturated carbocycles. The maximum atomic E-state index is 5.49. The first kappa shape index (κ1) is 12.5. The van der Waals surface area contributed by atoms with E-state index in [4.69, 9.17) is 4.74 Å². The third kappa shape index (κ3) is 2.83. The molecular weight excluding hydrogens is 222 g/mol. The van der Waals surface area contributed by atoms with Crippen LogP contribution in [-0.2, 0) is 0 Å². The maximum Gasteiger partial charge on any atom is 0.129 e. The summed E-state index contributed by atoms with van der Waals surface area (Å²) in [6.45, 7) is 5.70. The number of rotatable bonds is 5. The molecule has 93 valence electrons. The lowest BCUT2D eigenvalue weighted by molar-refractivity contribution is 0.339. The molecule has 0 aliphatic carbocycles. The summed E-state index contributed by atoms with van der Waals surface area (Å²) in [7, 11) is 0. The summed E-state index contributed by atoms with van der Waals surface area (Å²) in [6, 6.07) is 19.4. The Morgan fingerprint density at radius 2 is 1.83 bits per heavy atom. The van der Waals surface area contributed by atoms with E-state index in [2.05, 4.69) is 48.2 Å². The Morgan fingerprint density at radius 1 is 1.06 bits per heavy atom. The molecule has 0 aliphatic heterocycles. The number of hydrogen-bond acceptors (Lipinski definition) is 2. The van der Waals surface area contributed by atoms with E-state index >= 15 is 0 Å². The Bertz CT molecular complexity index is 481. The minimum Gasteiger partial charge on any atom is -0.493 e. The Hall–Kier alpha value is -1.96. The molecule has 0 spiro atoms. The Kier molecular flexibility index (Phi) is 4.24. The van der Waals surface area contributed by atoms with Crippen LogP contribution >= 0.6 is 0 Å².